The minimum atomic E-state index is -0.175. The Bertz CT molecular complexity index is 792. The van der Waals surface area contributed by atoms with Crippen molar-refractivity contribution in [1.82, 2.24) is 5.32 Å². The monoisotopic (exact) mass is 379 g/mol. The summed E-state index contributed by atoms with van der Waals surface area (Å²) in [4.78, 5) is 17.3. The van der Waals surface area contributed by atoms with Crippen molar-refractivity contribution in [1.29, 1.82) is 0 Å². The number of aryl methyl sites for hydroxylation is 2. The average molecular weight is 380 g/mol. The molecular weight excluding hydrogens is 350 g/mol. The Morgan fingerprint density at radius 3 is 2.25 bits per heavy atom. The molecule has 148 valence electrons. The second-order valence-electron chi connectivity index (χ2n) is 7.00. The highest BCUT2D eigenvalue weighted by Gasteiger charge is 2.16. The Balaban J connectivity index is 1.71. The number of hydrogen-bond acceptors (Lipinski definition) is 3. The van der Waals surface area contributed by atoms with E-state index in [0.717, 1.165) is 38.0 Å². The van der Waals surface area contributed by atoms with Crippen LogP contribution in [0.3, 0.4) is 0 Å². The van der Waals surface area contributed by atoms with E-state index in [4.69, 9.17) is 4.74 Å². The molecule has 1 amide bonds. The van der Waals surface area contributed by atoms with E-state index in [9.17, 15) is 4.79 Å². The van der Waals surface area contributed by atoms with Crippen LogP contribution in [0.4, 0.5) is 5.69 Å². The first kappa shape index (κ1) is 20.1. The first-order valence-electron chi connectivity index (χ1n) is 10.1. The van der Waals surface area contributed by atoms with E-state index in [0.29, 0.717) is 18.1 Å². The van der Waals surface area contributed by atoms with E-state index >= 15 is 0 Å². The van der Waals surface area contributed by atoms with E-state index in [2.05, 4.69) is 41.6 Å². The molecule has 1 atom stereocenters. The van der Waals surface area contributed by atoms with E-state index < -0.39 is 0 Å². The van der Waals surface area contributed by atoms with E-state index in [1.807, 2.05) is 36.4 Å². The molecule has 2 N–H and O–H groups in total. The van der Waals surface area contributed by atoms with Gasteiger partial charge >= 0.3 is 0 Å². The van der Waals surface area contributed by atoms with Gasteiger partial charge in [-0.05, 0) is 61.1 Å². The third-order valence-electron chi connectivity index (χ3n) is 4.96. The Morgan fingerprint density at radius 1 is 1.04 bits per heavy atom. The molecule has 1 heterocycles. The number of hydrogen-bond donors (Lipinski definition) is 2. The summed E-state index contributed by atoms with van der Waals surface area (Å²) >= 11 is 0. The predicted molar refractivity (Wildman–Crippen MR) is 114 cm³/mol. The third-order valence-corrected chi connectivity index (χ3v) is 4.96. The molecule has 0 saturated carbocycles. The van der Waals surface area contributed by atoms with Crippen LogP contribution in [0.15, 0.2) is 53.5 Å². The summed E-state index contributed by atoms with van der Waals surface area (Å²) in [6, 6.07) is 15.8. The quantitative estimate of drug-likeness (QED) is 0.584. The first-order chi connectivity index (χ1) is 13.7. The van der Waals surface area contributed by atoms with Crippen molar-refractivity contribution in [3.05, 3.63) is 65.2 Å². The topological polar surface area (TPSA) is 62.7 Å². The smallest absolute Gasteiger partial charge is 0.257 e. The van der Waals surface area contributed by atoms with Gasteiger partial charge in [0.25, 0.3) is 5.91 Å². The predicted octanol–water partition coefficient (Wildman–Crippen LogP) is 4.19. The molecule has 0 spiro atoms. The van der Waals surface area contributed by atoms with Gasteiger partial charge in [-0.3, -0.25) is 10.1 Å². The number of benzene rings is 2. The fourth-order valence-corrected chi connectivity index (χ4v) is 3.12. The van der Waals surface area contributed by atoms with Gasteiger partial charge in [-0.15, -0.1) is 0 Å². The summed E-state index contributed by atoms with van der Waals surface area (Å²) < 4.78 is 5.65. The van der Waals surface area contributed by atoms with Gasteiger partial charge in [0.1, 0.15) is 0 Å². The normalized spacial score (nSPS) is 16.8. The summed E-state index contributed by atoms with van der Waals surface area (Å²) in [7, 11) is 0. The largest absolute Gasteiger partial charge is 0.376 e. The number of rotatable bonds is 6. The number of nitrogens with one attached hydrogen (secondary N) is 2. The van der Waals surface area contributed by atoms with Crippen LogP contribution in [0.5, 0.6) is 0 Å². The second-order valence-corrected chi connectivity index (χ2v) is 7.00. The minimum absolute atomic E-state index is 0.125. The molecule has 1 fully saturated rings. The summed E-state index contributed by atoms with van der Waals surface area (Å²) in [6.45, 7) is 5.54. The van der Waals surface area contributed by atoms with Gasteiger partial charge in [-0.2, -0.15) is 0 Å². The molecular formula is C23H29N3O2. The maximum Gasteiger partial charge on any atom is 0.257 e. The Hall–Kier alpha value is -2.66. The van der Waals surface area contributed by atoms with Gasteiger partial charge in [0.2, 0.25) is 5.96 Å². The molecule has 3 rings (SSSR count). The average Bonchev–Trinajstić information content (AvgIpc) is 3.26. The maximum atomic E-state index is 12.7. The second kappa shape index (κ2) is 10.0. The van der Waals surface area contributed by atoms with Crippen molar-refractivity contribution in [3.63, 3.8) is 0 Å². The van der Waals surface area contributed by atoms with Crippen molar-refractivity contribution in [2.24, 2.45) is 4.99 Å². The third kappa shape index (κ3) is 5.67. The number of aliphatic imine (C=N–C) groups is 1. The van der Waals surface area contributed by atoms with Gasteiger partial charge in [0, 0.05) is 17.9 Å². The fraction of sp³-hybridized carbons (Fsp3) is 0.391. The number of ether oxygens (including phenoxy) is 1. The van der Waals surface area contributed by atoms with Crippen LogP contribution < -0.4 is 10.6 Å². The number of carbonyl (C=O) groups excluding carboxylic acids is 1. The molecule has 28 heavy (non-hydrogen) atoms. The zero-order chi connectivity index (χ0) is 19.8. The summed E-state index contributed by atoms with van der Waals surface area (Å²) in [5.41, 5.74) is 3.98. The number of anilines is 1. The lowest BCUT2D eigenvalue weighted by atomic mass is 10.1. The van der Waals surface area contributed by atoms with Gasteiger partial charge in [-0.25, -0.2) is 4.99 Å². The summed E-state index contributed by atoms with van der Waals surface area (Å²) in [5.74, 6) is 0.274. The fourth-order valence-electron chi connectivity index (χ4n) is 3.12. The summed E-state index contributed by atoms with van der Waals surface area (Å²) in [5, 5.41) is 6.16. The van der Waals surface area contributed by atoms with Crippen LogP contribution >= 0.6 is 0 Å². The summed E-state index contributed by atoms with van der Waals surface area (Å²) in [6.07, 6.45) is 4.14. The zero-order valence-corrected chi connectivity index (χ0v) is 16.7. The highest BCUT2D eigenvalue weighted by Crippen LogP contribution is 2.13. The van der Waals surface area contributed by atoms with Crippen molar-refractivity contribution in [3.8, 4) is 0 Å². The highest BCUT2D eigenvalue weighted by molar-refractivity contribution is 6.09. The molecule has 1 saturated heterocycles. The van der Waals surface area contributed by atoms with Crippen LogP contribution in [0, 0.1) is 0 Å². The van der Waals surface area contributed by atoms with Crippen molar-refractivity contribution < 1.29 is 9.53 Å². The van der Waals surface area contributed by atoms with Crippen LogP contribution in [0.25, 0.3) is 0 Å². The van der Waals surface area contributed by atoms with Crippen LogP contribution in [-0.4, -0.2) is 31.1 Å². The molecule has 0 radical (unpaired) electrons. The Labute approximate surface area is 167 Å². The number of amides is 1. The van der Waals surface area contributed by atoms with Gasteiger partial charge < -0.3 is 10.1 Å². The van der Waals surface area contributed by atoms with Crippen LogP contribution in [0.1, 0.15) is 48.2 Å². The standard InChI is InChI=1S/C23H29N3O2/c1-3-17-7-11-19(12-8-17)22(27)26-23(24-16-21-6-5-15-28-21)25-20-13-9-18(4-2)10-14-20/h7-14,21H,3-6,15-16H2,1-2H3,(H2,24,25,26,27)/t21-/m1/s1. The lowest BCUT2D eigenvalue weighted by molar-refractivity contribution is 0.0975. The van der Waals surface area contributed by atoms with Crippen molar-refractivity contribution in [2.75, 3.05) is 18.5 Å². The Morgan fingerprint density at radius 2 is 1.68 bits per heavy atom. The lowest BCUT2D eigenvalue weighted by Crippen LogP contribution is -2.36. The SMILES string of the molecule is CCc1ccc(NC(=NC[C@H]2CCCO2)NC(=O)c2ccc(CC)cc2)cc1. The van der Waals surface area contributed by atoms with E-state index in [-0.39, 0.29) is 12.0 Å². The van der Waals surface area contributed by atoms with E-state index in [1.54, 1.807) is 0 Å². The van der Waals surface area contributed by atoms with Gasteiger partial charge in [-0.1, -0.05) is 38.1 Å². The highest BCUT2D eigenvalue weighted by atomic mass is 16.5. The molecule has 2 aromatic carbocycles. The van der Waals surface area contributed by atoms with Crippen LogP contribution in [-0.2, 0) is 17.6 Å². The molecule has 0 unspecified atom stereocenters. The van der Waals surface area contributed by atoms with Crippen molar-refractivity contribution in [2.45, 2.75) is 45.6 Å². The van der Waals surface area contributed by atoms with E-state index in [1.165, 1.54) is 11.1 Å². The zero-order valence-electron chi connectivity index (χ0n) is 16.7. The first-order valence-corrected chi connectivity index (χ1v) is 10.1. The molecule has 0 bridgehead atoms. The molecule has 0 aromatic heterocycles. The molecule has 1 aliphatic rings. The van der Waals surface area contributed by atoms with Gasteiger partial charge in [0.15, 0.2) is 0 Å². The molecule has 5 nitrogen and oxygen atoms in total. The molecule has 0 aliphatic carbocycles. The number of carbonyl (C=O) groups is 1. The molecule has 1 aliphatic heterocycles. The van der Waals surface area contributed by atoms with Crippen molar-refractivity contribution >= 4 is 17.6 Å². The maximum absolute atomic E-state index is 12.7. The molecule has 2 aromatic rings. The molecule has 5 heteroatoms. The van der Waals surface area contributed by atoms with Crippen LogP contribution in [0.2, 0.25) is 0 Å². The van der Waals surface area contributed by atoms with Gasteiger partial charge in [0.05, 0.1) is 12.6 Å². The Kier molecular flexibility index (Phi) is 7.20. The number of guanidine groups is 1. The minimum Gasteiger partial charge on any atom is -0.376 e. The lowest BCUT2D eigenvalue weighted by Gasteiger charge is -2.14. The number of nitrogens with zero attached hydrogens (tertiary/aromatic N) is 1.